The minimum Gasteiger partial charge on any atom is -0.508 e. The van der Waals surface area contributed by atoms with Crippen molar-refractivity contribution >= 4 is 70.5 Å². The monoisotopic (exact) mass is 1450 g/mol. The number of aromatic hydroxyl groups is 3. The molecule has 5 aromatic rings. The van der Waals surface area contributed by atoms with E-state index >= 15 is 14.4 Å². The van der Waals surface area contributed by atoms with Crippen LogP contribution >= 0.6 is 23.2 Å². The van der Waals surface area contributed by atoms with Gasteiger partial charge in [0.15, 0.2) is 29.9 Å². The number of aliphatic carboxylic acids is 1. The van der Waals surface area contributed by atoms with E-state index < -0.39 is 237 Å². The molecule has 5 aromatic carbocycles. The number of hydrogen-bond donors (Lipinski definition) is 19. The Labute approximate surface area is 584 Å². The van der Waals surface area contributed by atoms with Gasteiger partial charge < -0.3 is 128 Å². The van der Waals surface area contributed by atoms with Crippen LogP contribution in [0.15, 0.2) is 78.9 Å². The van der Waals surface area contributed by atoms with Crippen LogP contribution in [0.4, 0.5) is 0 Å². The van der Waals surface area contributed by atoms with Gasteiger partial charge >= 0.3 is 5.97 Å². The first kappa shape index (κ1) is 74.5. The molecule has 33 nitrogen and oxygen atoms in total. The average molecular weight is 1450 g/mol. The first-order chi connectivity index (χ1) is 47.7. The van der Waals surface area contributed by atoms with Crippen LogP contribution in [0.25, 0.3) is 11.1 Å². The van der Waals surface area contributed by atoms with E-state index in [1.807, 2.05) is 13.8 Å². The van der Waals surface area contributed by atoms with Crippen molar-refractivity contribution in [3.63, 3.8) is 0 Å². The fourth-order valence-corrected chi connectivity index (χ4v) is 12.9. The van der Waals surface area contributed by atoms with Gasteiger partial charge in [-0.3, -0.25) is 33.6 Å². The second-order valence-corrected chi connectivity index (χ2v) is 26.5. The summed E-state index contributed by atoms with van der Waals surface area (Å²) < 4.78 is 38.3. The number of likely N-dealkylation sites (N-methyl/N-ethyl adjacent to an activating group) is 1. The molecule has 542 valence electrons. The summed E-state index contributed by atoms with van der Waals surface area (Å²) in [5.74, 6) is -16.0. The van der Waals surface area contributed by atoms with Crippen LogP contribution in [0.5, 0.6) is 46.0 Å². The molecule has 101 heavy (non-hydrogen) atoms. The number of aliphatic hydroxyl groups excluding tert-OH is 6. The van der Waals surface area contributed by atoms with Gasteiger partial charge in [-0.15, -0.1) is 0 Å². The molecule has 18 atom stereocenters. The van der Waals surface area contributed by atoms with Gasteiger partial charge in [-0.25, -0.2) is 4.79 Å². The van der Waals surface area contributed by atoms with Gasteiger partial charge in [0.05, 0.1) is 41.3 Å². The van der Waals surface area contributed by atoms with E-state index in [0.717, 1.165) is 66.7 Å². The molecule has 35 heteroatoms. The normalized spacial score (nSPS) is 29.4. The smallest absolute Gasteiger partial charge is 0.330 e. The summed E-state index contributed by atoms with van der Waals surface area (Å²) >= 11 is 14.1. The molecule has 0 saturated carbocycles. The third-order valence-electron chi connectivity index (χ3n) is 17.8. The predicted octanol–water partition coefficient (Wildman–Crippen LogP) is 0.106. The minimum atomic E-state index is -2.35. The summed E-state index contributed by atoms with van der Waals surface area (Å²) in [7, 11) is 1.47. The molecule has 0 aliphatic carbocycles. The topological polar surface area (TPSA) is 530 Å². The highest BCUT2D eigenvalue weighted by Gasteiger charge is 2.51. The van der Waals surface area contributed by atoms with E-state index in [-0.39, 0.29) is 46.2 Å². The van der Waals surface area contributed by atoms with E-state index in [9.17, 15) is 75.0 Å². The molecule has 7 aliphatic rings. The predicted molar refractivity (Wildman–Crippen MR) is 349 cm³/mol. The Bertz CT molecular complexity index is 4070. The van der Waals surface area contributed by atoms with Gasteiger partial charge in [-0.05, 0) is 110 Å². The number of halogens is 2. The molecule has 0 radical (unpaired) electrons. The van der Waals surface area contributed by atoms with Gasteiger partial charge in [0.2, 0.25) is 53.4 Å². The minimum absolute atomic E-state index is 0.0975. The Morgan fingerprint density at radius 1 is 0.713 bits per heavy atom. The van der Waals surface area contributed by atoms with Gasteiger partial charge in [-0.2, -0.15) is 0 Å². The van der Waals surface area contributed by atoms with Crippen molar-refractivity contribution in [1.29, 1.82) is 0 Å². The van der Waals surface area contributed by atoms with Crippen molar-refractivity contribution < 1.29 is 118 Å². The van der Waals surface area contributed by atoms with E-state index in [1.165, 1.54) is 33.0 Å². The summed E-state index contributed by atoms with van der Waals surface area (Å²) in [6.07, 6.45) is -18.6. The number of nitrogens with one attached hydrogen (secondary N) is 7. The number of carboxylic acids is 1. The number of carbonyl (C=O) groups is 8. The van der Waals surface area contributed by atoms with Crippen LogP contribution in [0.2, 0.25) is 10.0 Å². The molecule has 11 bridgehead atoms. The van der Waals surface area contributed by atoms with E-state index in [1.54, 1.807) is 0 Å². The Morgan fingerprint density at radius 2 is 1.32 bits per heavy atom. The van der Waals surface area contributed by atoms with Crippen LogP contribution in [-0.2, 0) is 52.6 Å². The fourth-order valence-electron chi connectivity index (χ4n) is 12.5. The molecule has 7 amide bonds. The number of phenols is 3. The number of phenolic OH excluding ortho intramolecular Hbond substituents is 3. The lowest BCUT2D eigenvalue weighted by Gasteiger charge is -2.47. The maximum Gasteiger partial charge on any atom is 0.330 e. The summed E-state index contributed by atoms with van der Waals surface area (Å²) in [6, 6.07) is -0.679. The Morgan fingerprint density at radius 3 is 1.90 bits per heavy atom. The fraction of sp³-hybridized carbons (Fsp3) is 0.424. The molecule has 21 N–H and O–H groups in total. The molecule has 2 saturated heterocycles. The van der Waals surface area contributed by atoms with Crippen molar-refractivity contribution in [1.82, 2.24) is 37.2 Å². The van der Waals surface area contributed by atoms with Crippen LogP contribution in [-0.4, -0.2) is 191 Å². The quantitative estimate of drug-likeness (QED) is 0.0743. The Kier molecular flexibility index (Phi) is 22.2. The number of hydrogen-bond acceptors (Lipinski definition) is 25. The summed E-state index contributed by atoms with van der Waals surface area (Å²) in [5.41, 5.74) is 8.00. The summed E-state index contributed by atoms with van der Waals surface area (Å²) in [6.45, 7) is 5.66. The maximum absolute atomic E-state index is 16.0. The SMILES string of the molecule is CN[C@H](CC(C)C)C(=O)NC1C(=O)N[C@@H](CC(N)=O)C(=O)N[C@H]2C(=O)N[C@H]3C(=O)N[C@H](C(=O)N[C@H](C(=O)O)c4cc(O)cc(O)c4-c4cc3ccc4O)[C@H](O)c3ccc(c(Cl)c3)Oc3cc2cc(c3OC2OC(CO)C(O)C(O)C2OC2CC(C)(N)C(O)C(C)O2)Oc2ccc(cc2Cl)[C@H]1O. The highest BCUT2D eigenvalue weighted by Crippen LogP contribution is 2.50. The second-order valence-electron chi connectivity index (χ2n) is 25.7. The second kappa shape index (κ2) is 30.2. The number of nitrogens with two attached hydrogens (primary N) is 2. The summed E-state index contributed by atoms with van der Waals surface area (Å²) in [4.78, 5) is 117. The standard InChI is InChI=1S/C66H75Cl2N9O24/c1-23(2)12-34(71-5)58(88)76-49-51(83)26-7-10-38(32(67)14-26)97-40-16-28-17-41(55(40)101-65-56(54(86)53(85)42(22-78)99-65)100-44-21-66(4,70)57(87)24(3)96-44)98-39-11-8-27(15-33(39)68)52(84)50-63(93)75-48(64(94)95)31-18-29(79)19-37(81)45(31)30-13-25(6-9-36(30)80)46(60(90)77-50)74-61(91)47(28)73-59(89)35(20-43(69)82)72-62(49)92/h6-11,13-19,23-24,34-35,42,44,46-54,56-57,65,71,78-81,83-87H,12,20-22,70H2,1-5H3,(H2,69,82)(H,72,92)(H,73,89)(H,74,91)(H,75,93)(H,76,88)(H,77,90)(H,94,95)/t24?,34-,35+,42?,44?,46-,47-,48+,49?,50+,51-,52-,53?,54?,56?,57?,65?,66?/m1/s1. The van der Waals surface area contributed by atoms with Crippen LogP contribution in [0.3, 0.4) is 0 Å². The largest absolute Gasteiger partial charge is 0.508 e. The maximum atomic E-state index is 16.0. The first-order valence-corrected chi connectivity index (χ1v) is 32.4. The lowest BCUT2D eigenvalue weighted by molar-refractivity contribution is -0.333. The van der Waals surface area contributed by atoms with Gasteiger partial charge in [0.1, 0.15) is 89.5 Å². The summed E-state index contributed by atoms with van der Waals surface area (Å²) in [5, 5.41) is 131. The van der Waals surface area contributed by atoms with Crippen molar-refractivity contribution in [2.75, 3.05) is 13.7 Å². The van der Waals surface area contributed by atoms with Crippen molar-refractivity contribution in [2.45, 2.75) is 156 Å². The third kappa shape index (κ3) is 15.8. The molecule has 7 heterocycles. The molecule has 12 rings (SSSR count). The van der Waals surface area contributed by atoms with Crippen molar-refractivity contribution in [3.8, 4) is 57.1 Å². The van der Waals surface area contributed by atoms with Crippen LogP contribution in [0, 0.1) is 5.92 Å². The van der Waals surface area contributed by atoms with Gasteiger partial charge in [0.25, 0.3) is 0 Å². The zero-order chi connectivity index (χ0) is 73.5. The molecule has 0 aromatic heterocycles. The molecule has 10 unspecified atom stereocenters. The molecular weight excluding hydrogens is 1370 g/mol. The first-order valence-electron chi connectivity index (χ1n) is 31.6. The zero-order valence-corrected chi connectivity index (χ0v) is 55.8. The highest BCUT2D eigenvalue weighted by atomic mass is 35.5. The third-order valence-corrected chi connectivity index (χ3v) is 18.4. The molecule has 0 spiro atoms. The number of ether oxygens (including phenoxy) is 6. The Balaban J connectivity index is 1.24. The number of rotatable bonds is 13. The van der Waals surface area contributed by atoms with Gasteiger partial charge in [-0.1, -0.05) is 55.2 Å². The molecule has 7 aliphatic heterocycles. The van der Waals surface area contributed by atoms with Crippen LogP contribution in [0.1, 0.15) is 105 Å². The Hall–Kier alpha value is -9.20. The van der Waals surface area contributed by atoms with Crippen molar-refractivity contribution in [3.05, 3.63) is 117 Å². The lowest BCUT2D eigenvalue weighted by atomic mass is 9.86. The van der Waals surface area contributed by atoms with Crippen molar-refractivity contribution in [2.24, 2.45) is 17.4 Å². The van der Waals surface area contributed by atoms with E-state index in [4.69, 9.17) is 63.1 Å². The number of benzene rings is 5. The number of carbonyl (C=O) groups excluding carboxylic acids is 7. The van der Waals surface area contributed by atoms with Gasteiger partial charge in [0, 0.05) is 34.7 Å². The van der Waals surface area contributed by atoms with Crippen LogP contribution < -0.4 is 62.9 Å². The number of fused-ring (bicyclic) bond motifs is 15. The molecule has 2 fully saturated rings. The average Bonchev–Trinajstić information content (AvgIpc) is 0.775. The molecular formula is C66H75Cl2N9O24. The zero-order valence-electron chi connectivity index (χ0n) is 54.3. The number of amides is 7. The lowest BCUT2D eigenvalue weighted by Crippen LogP contribution is -2.64. The van der Waals surface area contributed by atoms with E-state index in [0.29, 0.717) is 0 Å². The highest BCUT2D eigenvalue weighted by molar-refractivity contribution is 6.32. The number of aliphatic hydroxyl groups is 6. The number of carboxylic acid groups (broad SMARTS) is 1. The number of primary amides is 1. The van der Waals surface area contributed by atoms with E-state index in [2.05, 4.69) is 37.2 Å².